The van der Waals surface area contributed by atoms with Crippen LogP contribution in [0.1, 0.15) is 34.6 Å². The fraction of sp³-hybridized carbons (Fsp3) is 1.00. The summed E-state index contributed by atoms with van der Waals surface area (Å²) < 4.78 is 17.3. The van der Waals surface area contributed by atoms with Crippen LogP contribution in [-0.4, -0.2) is 24.3 Å². The molecule has 3 nitrogen and oxygen atoms in total. The minimum Gasteiger partial charge on any atom is -0.346 e. The van der Waals surface area contributed by atoms with Crippen molar-refractivity contribution in [3.8, 4) is 0 Å². The molecule has 0 aliphatic carbocycles. The molecule has 0 aromatic rings. The summed E-state index contributed by atoms with van der Waals surface area (Å²) in [5.41, 5.74) is 0. The number of rotatable bonds is 1. The van der Waals surface area contributed by atoms with Crippen LogP contribution in [0.4, 0.5) is 0 Å². The monoisotopic (exact) mass is 200 g/mol. The first-order chi connectivity index (χ1) is 6.41. The van der Waals surface area contributed by atoms with Crippen molar-refractivity contribution in [2.75, 3.05) is 0 Å². The Labute approximate surface area is 85.7 Å². The second kappa shape index (κ2) is 3.19. The molecule has 2 aliphatic heterocycles. The van der Waals surface area contributed by atoms with Gasteiger partial charge in [-0.3, -0.25) is 0 Å². The van der Waals surface area contributed by atoms with Crippen molar-refractivity contribution in [3.05, 3.63) is 0 Å². The summed E-state index contributed by atoms with van der Waals surface area (Å²) in [6, 6.07) is 0. The predicted octanol–water partition coefficient (Wildman–Crippen LogP) is 2.15. The number of hydrogen-bond acceptors (Lipinski definition) is 3. The minimum absolute atomic E-state index is 0.109. The summed E-state index contributed by atoms with van der Waals surface area (Å²) in [7, 11) is 0. The molecule has 0 saturated carbocycles. The Kier molecular flexibility index (Phi) is 2.37. The van der Waals surface area contributed by atoms with Crippen LogP contribution in [0.5, 0.6) is 0 Å². The lowest BCUT2D eigenvalue weighted by molar-refractivity contribution is -0.213. The molecule has 0 radical (unpaired) electrons. The summed E-state index contributed by atoms with van der Waals surface area (Å²) in [5, 5.41) is 0. The van der Waals surface area contributed by atoms with Gasteiger partial charge in [0.05, 0.1) is 6.10 Å². The van der Waals surface area contributed by atoms with Crippen LogP contribution < -0.4 is 0 Å². The zero-order valence-corrected chi connectivity index (χ0v) is 9.61. The standard InChI is InChI=1S/C11H20O3/c1-6(2)8-7(3)9-10(12-8)14-11(4,5)13-9/h6-10H,1-5H3/t7-,8-,9+,10+/m1/s1. The number of fused-ring (bicyclic) bond motifs is 1. The van der Waals surface area contributed by atoms with E-state index in [9.17, 15) is 0 Å². The van der Waals surface area contributed by atoms with Crippen molar-refractivity contribution in [2.45, 2.75) is 58.9 Å². The predicted molar refractivity (Wildman–Crippen MR) is 52.7 cm³/mol. The summed E-state index contributed by atoms with van der Waals surface area (Å²) in [6.07, 6.45) is 0.214. The van der Waals surface area contributed by atoms with Gasteiger partial charge in [-0.25, -0.2) is 0 Å². The Balaban J connectivity index is 2.08. The highest BCUT2D eigenvalue weighted by Crippen LogP contribution is 2.42. The van der Waals surface area contributed by atoms with Gasteiger partial charge in [-0.05, 0) is 19.8 Å². The molecular formula is C11H20O3. The molecule has 3 heteroatoms. The van der Waals surface area contributed by atoms with Crippen LogP contribution in [0.15, 0.2) is 0 Å². The van der Waals surface area contributed by atoms with Gasteiger partial charge in [0, 0.05) is 5.92 Å². The third kappa shape index (κ3) is 1.58. The molecule has 2 aliphatic rings. The van der Waals surface area contributed by atoms with E-state index in [0.29, 0.717) is 11.8 Å². The first-order valence-corrected chi connectivity index (χ1v) is 5.42. The quantitative estimate of drug-likeness (QED) is 0.649. The topological polar surface area (TPSA) is 27.7 Å². The Bertz CT molecular complexity index is 223. The summed E-state index contributed by atoms with van der Waals surface area (Å²) in [4.78, 5) is 0. The largest absolute Gasteiger partial charge is 0.346 e. The van der Waals surface area contributed by atoms with Crippen molar-refractivity contribution < 1.29 is 14.2 Å². The van der Waals surface area contributed by atoms with Crippen LogP contribution in [0.25, 0.3) is 0 Å². The van der Waals surface area contributed by atoms with Crippen LogP contribution in [-0.2, 0) is 14.2 Å². The number of hydrogen-bond donors (Lipinski definition) is 0. The maximum atomic E-state index is 5.85. The second-order valence-corrected chi connectivity index (χ2v) is 5.17. The van der Waals surface area contributed by atoms with Gasteiger partial charge in [-0.1, -0.05) is 20.8 Å². The van der Waals surface area contributed by atoms with E-state index in [0.717, 1.165) is 0 Å². The Morgan fingerprint density at radius 2 is 1.79 bits per heavy atom. The lowest BCUT2D eigenvalue weighted by Crippen LogP contribution is -2.30. The van der Waals surface area contributed by atoms with Gasteiger partial charge in [0.15, 0.2) is 12.1 Å². The molecule has 14 heavy (non-hydrogen) atoms. The molecule has 0 aromatic carbocycles. The molecule has 82 valence electrons. The van der Waals surface area contributed by atoms with Gasteiger partial charge in [-0.15, -0.1) is 0 Å². The molecular weight excluding hydrogens is 180 g/mol. The van der Waals surface area contributed by atoms with Crippen LogP contribution in [0, 0.1) is 11.8 Å². The maximum absolute atomic E-state index is 5.85. The molecule has 0 N–H and O–H groups in total. The van der Waals surface area contributed by atoms with Crippen molar-refractivity contribution in [2.24, 2.45) is 11.8 Å². The molecule has 2 heterocycles. The lowest BCUT2D eigenvalue weighted by atomic mass is 9.93. The minimum atomic E-state index is -0.481. The third-order valence-electron chi connectivity index (χ3n) is 3.07. The van der Waals surface area contributed by atoms with Gasteiger partial charge in [0.25, 0.3) is 0 Å². The Morgan fingerprint density at radius 3 is 2.29 bits per heavy atom. The van der Waals surface area contributed by atoms with Crippen molar-refractivity contribution >= 4 is 0 Å². The van der Waals surface area contributed by atoms with Crippen LogP contribution >= 0.6 is 0 Å². The fourth-order valence-corrected chi connectivity index (χ4v) is 2.45. The van der Waals surface area contributed by atoms with Crippen LogP contribution in [0.2, 0.25) is 0 Å². The molecule has 0 unspecified atom stereocenters. The van der Waals surface area contributed by atoms with Gasteiger partial charge in [-0.2, -0.15) is 0 Å². The molecule has 2 fully saturated rings. The van der Waals surface area contributed by atoms with Gasteiger partial charge in [0.1, 0.15) is 6.10 Å². The molecule has 4 atom stereocenters. The smallest absolute Gasteiger partial charge is 0.187 e. The fourth-order valence-electron chi connectivity index (χ4n) is 2.45. The first-order valence-electron chi connectivity index (χ1n) is 5.42. The second-order valence-electron chi connectivity index (χ2n) is 5.17. The van der Waals surface area contributed by atoms with Gasteiger partial charge in [0.2, 0.25) is 0 Å². The highest BCUT2D eigenvalue weighted by Gasteiger charge is 2.53. The van der Waals surface area contributed by atoms with E-state index < -0.39 is 5.79 Å². The third-order valence-corrected chi connectivity index (χ3v) is 3.07. The first kappa shape index (κ1) is 10.4. The SMILES string of the molecule is CC(C)[C@H]1O[C@H]2OC(C)(C)O[C@H]2[C@@H]1C. The zero-order chi connectivity index (χ0) is 10.5. The highest BCUT2D eigenvalue weighted by molar-refractivity contribution is 4.91. The van der Waals surface area contributed by atoms with Gasteiger partial charge < -0.3 is 14.2 Å². The highest BCUT2D eigenvalue weighted by atomic mass is 16.8. The van der Waals surface area contributed by atoms with Crippen LogP contribution in [0.3, 0.4) is 0 Å². The van der Waals surface area contributed by atoms with Crippen molar-refractivity contribution in [1.82, 2.24) is 0 Å². The zero-order valence-electron chi connectivity index (χ0n) is 9.61. The van der Waals surface area contributed by atoms with Crippen molar-refractivity contribution in [3.63, 3.8) is 0 Å². The normalized spacial score (nSPS) is 45.9. The molecule has 0 bridgehead atoms. The molecule has 2 rings (SSSR count). The Morgan fingerprint density at radius 1 is 1.14 bits per heavy atom. The number of ether oxygens (including phenoxy) is 3. The Hall–Kier alpha value is -0.120. The summed E-state index contributed by atoms with van der Waals surface area (Å²) in [6.45, 7) is 10.4. The molecule has 2 saturated heterocycles. The van der Waals surface area contributed by atoms with E-state index in [2.05, 4.69) is 20.8 Å². The van der Waals surface area contributed by atoms with Crippen molar-refractivity contribution in [1.29, 1.82) is 0 Å². The summed E-state index contributed by atoms with van der Waals surface area (Å²) >= 11 is 0. The van der Waals surface area contributed by atoms with E-state index in [1.807, 2.05) is 13.8 Å². The van der Waals surface area contributed by atoms with E-state index in [-0.39, 0.29) is 18.5 Å². The molecule has 0 aromatic heterocycles. The van der Waals surface area contributed by atoms with E-state index >= 15 is 0 Å². The maximum Gasteiger partial charge on any atom is 0.187 e. The van der Waals surface area contributed by atoms with E-state index in [1.165, 1.54) is 0 Å². The lowest BCUT2D eigenvalue weighted by Gasteiger charge is -2.25. The average Bonchev–Trinajstić information content (AvgIpc) is 2.46. The van der Waals surface area contributed by atoms with E-state index in [1.54, 1.807) is 0 Å². The average molecular weight is 200 g/mol. The van der Waals surface area contributed by atoms with E-state index in [4.69, 9.17) is 14.2 Å². The molecule has 0 spiro atoms. The summed E-state index contributed by atoms with van der Waals surface area (Å²) in [5.74, 6) is 0.457. The van der Waals surface area contributed by atoms with Gasteiger partial charge >= 0.3 is 0 Å². The molecule has 0 amide bonds.